The average molecular weight is 86.1 g/mol. The van der Waals surface area contributed by atoms with Crippen LogP contribution in [0.5, 0.6) is 0 Å². The first-order valence-electron chi connectivity index (χ1n) is 1.39. The average Bonchev–Trinajstić information content (AvgIpc) is 1.41. The number of hydrogen-bond acceptors (Lipinski definition) is 0. The lowest BCUT2D eigenvalue weighted by Crippen LogP contribution is -1.19. The third-order valence-corrected chi connectivity index (χ3v) is 0.707. The van der Waals surface area contributed by atoms with E-state index in [1.807, 2.05) is 11.6 Å². The molecule has 0 rings (SSSR count). The van der Waals surface area contributed by atoms with Crippen LogP contribution in [0.25, 0.3) is 0 Å². The number of rotatable bonds is 2. The van der Waals surface area contributed by atoms with Gasteiger partial charge in [-0.05, 0) is 0 Å². The summed E-state index contributed by atoms with van der Waals surface area (Å²) in [7, 11) is 0.725. The fourth-order valence-electron chi connectivity index (χ4n) is 0.0833. The molecule has 0 nitrogen and oxygen atoms in total. The van der Waals surface area contributed by atoms with E-state index >= 15 is 0 Å². The van der Waals surface area contributed by atoms with E-state index in [1.54, 1.807) is 0 Å². The Morgan fingerprint density at radius 3 is 1.60 bits per heavy atom. The summed E-state index contributed by atoms with van der Waals surface area (Å²) in [4.78, 5) is 0. The second-order valence-corrected chi connectivity index (χ2v) is 1.72. The van der Waals surface area contributed by atoms with Gasteiger partial charge in [0.15, 0.2) is 0 Å². The normalized spacial score (nSPS) is 6.40. The molecule has 28 valence electrons. The first-order valence-corrected chi connectivity index (χ1v) is 2.55. The standard InChI is InChI=1S/C4H7P/c1-3-5-4-2/h3-5H,1-2H2. The largest absolute Gasteiger partial charge is 0.0985 e. The molecule has 0 aromatic carbocycles. The van der Waals surface area contributed by atoms with Crippen molar-refractivity contribution in [2.45, 2.75) is 0 Å². The van der Waals surface area contributed by atoms with Crippen LogP contribution in [-0.4, -0.2) is 0 Å². The second kappa shape index (κ2) is 3.91. The first-order chi connectivity index (χ1) is 2.41. The van der Waals surface area contributed by atoms with Crippen molar-refractivity contribution in [2.75, 3.05) is 0 Å². The quantitative estimate of drug-likeness (QED) is 0.450. The zero-order valence-corrected chi connectivity index (χ0v) is 4.07. The third kappa shape index (κ3) is 3.91. The molecule has 0 amide bonds. The molecule has 0 radical (unpaired) electrons. The summed E-state index contributed by atoms with van der Waals surface area (Å²) in [6, 6.07) is 0. The van der Waals surface area contributed by atoms with Gasteiger partial charge in [0, 0.05) is 0 Å². The van der Waals surface area contributed by atoms with Gasteiger partial charge in [-0.3, -0.25) is 0 Å². The predicted octanol–water partition coefficient (Wildman–Crippen LogP) is 1.95. The van der Waals surface area contributed by atoms with E-state index in [9.17, 15) is 0 Å². The summed E-state index contributed by atoms with van der Waals surface area (Å²) in [6.07, 6.45) is 0. The summed E-state index contributed by atoms with van der Waals surface area (Å²) in [5, 5.41) is 0. The summed E-state index contributed by atoms with van der Waals surface area (Å²) >= 11 is 0. The molecule has 0 aliphatic rings. The molecule has 0 atom stereocenters. The summed E-state index contributed by atoms with van der Waals surface area (Å²) < 4.78 is 0. The van der Waals surface area contributed by atoms with Crippen molar-refractivity contribution in [2.24, 2.45) is 0 Å². The van der Waals surface area contributed by atoms with Gasteiger partial charge in [0.1, 0.15) is 0 Å². The van der Waals surface area contributed by atoms with Crippen molar-refractivity contribution in [1.82, 2.24) is 0 Å². The molecule has 0 unspecified atom stereocenters. The second-order valence-electron chi connectivity index (χ2n) is 0.575. The van der Waals surface area contributed by atoms with Gasteiger partial charge in [-0.1, -0.05) is 33.4 Å². The summed E-state index contributed by atoms with van der Waals surface area (Å²) in [5.74, 6) is 3.68. The van der Waals surface area contributed by atoms with Crippen molar-refractivity contribution < 1.29 is 0 Å². The van der Waals surface area contributed by atoms with E-state index < -0.39 is 0 Å². The van der Waals surface area contributed by atoms with Crippen molar-refractivity contribution in [1.29, 1.82) is 0 Å². The van der Waals surface area contributed by atoms with Crippen LogP contribution in [0.15, 0.2) is 24.8 Å². The Bertz CT molecular complexity index is 32.9. The molecule has 0 aromatic heterocycles. The lowest BCUT2D eigenvalue weighted by atomic mass is 11.3. The zero-order chi connectivity index (χ0) is 4.12. The smallest absolute Gasteiger partial charge is 0.0666 e. The maximum Gasteiger partial charge on any atom is -0.0666 e. The Morgan fingerprint density at radius 1 is 1.20 bits per heavy atom. The van der Waals surface area contributed by atoms with E-state index in [0.29, 0.717) is 0 Å². The SMILES string of the molecule is C=CPC=C. The van der Waals surface area contributed by atoms with Crippen molar-refractivity contribution in [3.63, 3.8) is 0 Å². The van der Waals surface area contributed by atoms with Gasteiger partial charge in [0.2, 0.25) is 0 Å². The van der Waals surface area contributed by atoms with Gasteiger partial charge < -0.3 is 0 Å². The van der Waals surface area contributed by atoms with Crippen molar-refractivity contribution >= 4 is 8.58 Å². The summed E-state index contributed by atoms with van der Waals surface area (Å²) in [5.41, 5.74) is 0. The van der Waals surface area contributed by atoms with E-state index in [0.717, 1.165) is 8.58 Å². The Labute approximate surface area is 34.4 Å². The molecule has 0 heterocycles. The molecular formula is C4H7P. The lowest BCUT2D eigenvalue weighted by molar-refractivity contribution is 2.54. The highest BCUT2D eigenvalue weighted by molar-refractivity contribution is 7.45. The molecule has 5 heavy (non-hydrogen) atoms. The highest BCUT2D eigenvalue weighted by Crippen LogP contribution is 2.07. The molecule has 0 N–H and O–H groups in total. The maximum absolute atomic E-state index is 3.49. The molecule has 0 spiro atoms. The van der Waals surface area contributed by atoms with Crippen LogP contribution in [-0.2, 0) is 0 Å². The van der Waals surface area contributed by atoms with E-state index in [4.69, 9.17) is 0 Å². The van der Waals surface area contributed by atoms with Gasteiger partial charge >= 0.3 is 0 Å². The molecule has 0 saturated carbocycles. The van der Waals surface area contributed by atoms with Gasteiger partial charge in [0.05, 0.1) is 0 Å². The summed E-state index contributed by atoms with van der Waals surface area (Å²) in [6.45, 7) is 6.98. The van der Waals surface area contributed by atoms with Gasteiger partial charge in [-0.15, -0.1) is 0 Å². The van der Waals surface area contributed by atoms with Crippen molar-refractivity contribution in [3.05, 3.63) is 24.8 Å². The maximum atomic E-state index is 3.49. The van der Waals surface area contributed by atoms with Gasteiger partial charge in [-0.25, -0.2) is 0 Å². The fourth-order valence-corrected chi connectivity index (χ4v) is 0.250. The topological polar surface area (TPSA) is 0 Å². The van der Waals surface area contributed by atoms with Crippen LogP contribution in [0.2, 0.25) is 0 Å². The molecule has 0 aromatic rings. The van der Waals surface area contributed by atoms with Crippen LogP contribution in [0.4, 0.5) is 0 Å². The highest BCUT2D eigenvalue weighted by Gasteiger charge is 1.51. The van der Waals surface area contributed by atoms with Crippen LogP contribution in [0, 0.1) is 0 Å². The predicted molar refractivity (Wildman–Crippen MR) is 28.7 cm³/mol. The zero-order valence-electron chi connectivity index (χ0n) is 3.07. The minimum atomic E-state index is 0.725. The van der Waals surface area contributed by atoms with Crippen molar-refractivity contribution in [3.8, 4) is 0 Å². The Morgan fingerprint density at radius 2 is 1.60 bits per heavy atom. The Kier molecular flexibility index (Phi) is 3.84. The van der Waals surface area contributed by atoms with E-state index in [1.165, 1.54) is 0 Å². The molecule has 0 fully saturated rings. The Hall–Kier alpha value is -0.0900. The first kappa shape index (κ1) is 4.91. The van der Waals surface area contributed by atoms with E-state index in [2.05, 4.69) is 13.2 Å². The minimum absolute atomic E-state index is 0.725. The van der Waals surface area contributed by atoms with Gasteiger partial charge in [-0.2, -0.15) is 0 Å². The Balaban J connectivity index is 2.65. The fraction of sp³-hybridized carbons (Fsp3) is 0. The van der Waals surface area contributed by atoms with E-state index in [-0.39, 0.29) is 0 Å². The number of hydrogen-bond donors (Lipinski definition) is 0. The van der Waals surface area contributed by atoms with Gasteiger partial charge in [0.25, 0.3) is 0 Å². The monoisotopic (exact) mass is 86.0 g/mol. The molecule has 0 bridgehead atoms. The van der Waals surface area contributed by atoms with Crippen LogP contribution < -0.4 is 0 Å². The molecule has 0 saturated heterocycles. The van der Waals surface area contributed by atoms with Crippen LogP contribution in [0.1, 0.15) is 0 Å². The lowest BCUT2D eigenvalue weighted by Gasteiger charge is -1.65. The molecule has 0 aliphatic heterocycles. The molecule has 1 heteroatoms. The van der Waals surface area contributed by atoms with Crippen LogP contribution >= 0.6 is 8.58 Å². The third-order valence-electron chi connectivity index (χ3n) is 0.236. The van der Waals surface area contributed by atoms with Crippen LogP contribution in [0.3, 0.4) is 0 Å². The molecule has 0 aliphatic carbocycles. The minimum Gasteiger partial charge on any atom is -0.0985 e. The highest BCUT2D eigenvalue weighted by atomic mass is 31.1. The molecular weight excluding hydrogens is 79.0 g/mol.